The molecule has 0 amide bonds. The molecule has 3 nitrogen and oxygen atoms in total. The van der Waals surface area contributed by atoms with Crippen molar-refractivity contribution >= 4 is 43.2 Å². The molecular weight excluding hydrogens is 350 g/mol. The number of hydrogen-bond donors (Lipinski definition) is 1. The highest BCUT2D eigenvalue weighted by atomic mass is 79.9. The Morgan fingerprint density at radius 1 is 1.00 bits per heavy atom. The van der Waals surface area contributed by atoms with Crippen LogP contribution in [-0.4, -0.2) is 8.42 Å². The lowest BCUT2D eigenvalue weighted by molar-refractivity contribution is 0.601. The average Bonchev–Trinajstić information content (AvgIpc) is 2.40. The van der Waals surface area contributed by atoms with Crippen LogP contribution < -0.4 is 4.72 Å². The summed E-state index contributed by atoms with van der Waals surface area (Å²) in [7, 11) is -3.57. The van der Waals surface area contributed by atoms with Crippen LogP contribution in [0.3, 0.4) is 0 Å². The number of rotatable bonds is 4. The SMILES string of the molecule is O=S(=O)(Nc1ccc(CBr)cc1)c1ccc(Cl)cc1. The molecular formula is C13H11BrClNO2S. The Kier molecular flexibility index (Phi) is 4.50. The molecule has 0 aromatic heterocycles. The van der Waals surface area contributed by atoms with Crippen molar-refractivity contribution in [1.82, 2.24) is 0 Å². The predicted octanol–water partition coefficient (Wildman–Crippen LogP) is 4.04. The van der Waals surface area contributed by atoms with E-state index in [1.54, 1.807) is 24.3 Å². The van der Waals surface area contributed by atoms with Crippen LogP contribution in [0.15, 0.2) is 53.4 Å². The number of halogens is 2. The summed E-state index contributed by atoms with van der Waals surface area (Å²) >= 11 is 9.07. The molecule has 0 atom stereocenters. The van der Waals surface area contributed by atoms with Crippen LogP contribution in [0.2, 0.25) is 5.02 Å². The zero-order valence-electron chi connectivity index (χ0n) is 9.81. The number of anilines is 1. The fourth-order valence-corrected chi connectivity index (χ4v) is 3.05. The fourth-order valence-electron chi connectivity index (χ4n) is 1.49. The fraction of sp³-hybridized carbons (Fsp3) is 0.0769. The van der Waals surface area contributed by atoms with Gasteiger partial charge in [0, 0.05) is 16.0 Å². The van der Waals surface area contributed by atoms with Crippen molar-refractivity contribution in [3.05, 3.63) is 59.1 Å². The van der Waals surface area contributed by atoms with Gasteiger partial charge in [0.2, 0.25) is 0 Å². The Hall–Kier alpha value is -1.04. The first-order valence-electron chi connectivity index (χ1n) is 5.44. The van der Waals surface area contributed by atoms with E-state index in [4.69, 9.17) is 11.6 Å². The topological polar surface area (TPSA) is 46.2 Å². The molecule has 0 aliphatic rings. The second kappa shape index (κ2) is 5.94. The Balaban J connectivity index is 2.23. The van der Waals surface area contributed by atoms with Gasteiger partial charge in [0.15, 0.2) is 0 Å². The molecule has 100 valence electrons. The van der Waals surface area contributed by atoms with Crippen molar-refractivity contribution in [3.8, 4) is 0 Å². The summed E-state index contributed by atoms with van der Waals surface area (Å²) in [5.41, 5.74) is 1.61. The Bertz CT molecular complexity index is 654. The van der Waals surface area contributed by atoms with Crippen LogP contribution in [-0.2, 0) is 15.4 Å². The molecule has 0 aliphatic heterocycles. The minimum atomic E-state index is -3.57. The van der Waals surface area contributed by atoms with Crippen molar-refractivity contribution in [1.29, 1.82) is 0 Å². The van der Waals surface area contributed by atoms with E-state index in [0.717, 1.165) is 10.9 Å². The van der Waals surface area contributed by atoms with E-state index < -0.39 is 10.0 Å². The van der Waals surface area contributed by atoms with Crippen molar-refractivity contribution in [3.63, 3.8) is 0 Å². The molecule has 2 aromatic rings. The predicted molar refractivity (Wildman–Crippen MR) is 81.3 cm³/mol. The van der Waals surface area contributed by atoms with Gasteiger partial charge in [-0.05, 0) is 42.0 Å². The molecule has 19 heavy (non-hydrogen) atoms. The number of nitrogens with one attached hydrogen (secondary N) is 1. The van der Waals surface area contributed by atoms with Gasteiger partial charge in [-0.25, -0.2) is 8.42 Å². The second-order valence-corrected chi connectivity index (χ2v) is 6.57. The third-order valence-electron chi connectivity index (χ3n) is 2.48. The van der Waals surface area contributed by atoms with Crippen molar-refractivity contribution in [2.24, 2.45) is 0 Å². The van der Waals surface area contributed by atoms with Gasteiger partial charge >= 0.3 is 0 Å². The molecule has 0 heterocycles. The Labute approximate surface area is 125 Å². The van der Waals surface area contributed by atoms with Gasteiger partial charge in [-0.15, -0.1) is 0 Å². The lowest BCUT2D eigenvalue weighted by Crippen LogP contribution is -2.12. The van der Waals surface area contributed by atoms with Gasteiger partial charge in [-0.3, -0.25) is 4.72 Å². The summed E-state index contributed by atoms with van der Waals surface area (Å²) in [5, 5.41) is 1.23. The molecule has 0 unspecified atom stereocenters. The molecule has 0 bridgehead atoms. The lowest BCUT2D eigenvalue weighted by atomic mass is 10.2. The van der Waals surface area contributed by atoms with Crippen LogP contribution in [0.4, 0.5) is 5.69 Å². The maximum Gasteiger partial charge on any atom is 0.261 e. The van der Waals surface area contributed by atoms with Gasteiger partial charge in [0.1, 0.15) is 0 Å². The minimum Gasteiger partial charge on any atom is -0.280 e. The van der Waals surface area contributed by atoms with E-state index in [-0.39, 0.29) is 4.90 Å². The van der Waals surface area contributed by atoms with Crippen molar-refractivity contribution < 1.29 is 8.42 Å². The summed E-state index contributed by atoms with van der Waals surface area (Å²) < 4.78 is 26.7. The van der Waals surface area contributed by atoms with E-state index in [1.165, 1.54) is 12.1 Å². The van der Waals surface area contributed by atoms with Crippen LogP contribution in [0.25, 0.3) is 0 Å². The maximum atomic E-state index is 12.1. The minimum absolute atomic E-state index is 0.182. The first-order valence-corrected chi connectivity index (χ1v) is 8.43. The summed E-state index contributed by atoms with van der Waals surface area (Å²) in [4.78, 5) is 0.182. The molecule has 6 heteroatoms. The number of hydrogen-bond acceptors (Lipinski definition) is 2. The molecule has 0 fully saturated rings. The average molecular weight is 361 g/mol. The quantitative estimate of drug-likeness (QED) is 0.837. The largest absolute Gasteiger partial charge is 0.280 e. The van der Waals surface area contributed by atoms with E-state index >= 15 is 0 Å². The van der Waals surface area contributed by atoms with Crippen molar-refractivity contribution in [2.45, 2.75) is 10.2 Å². The van der Waals surface area contributed by atoms with Crippen molar-refractivity contribution in [2.75, 3.05) is 4.72 Å². The van der Waals surface area contributed by atoms with Crippen LogP contribution in [0.1, 0.15) is 5.56 Å². The van der Waals surface area contributed by atoms with Crippen LogP contribution >= 0.6 is 27.5 Å². The van der Waals surface area contributed by atoms with E-state index in [1.807, 2.05) is 12.1 Å². The summed E-state index contributed by atoms with van der Waals surface area (Å²) in [6.45, 7) is 0. The Morgan fingerprint density at radius 3 is 2.11 bits per heavy atom. The maximum absolute atomic E-state index is 12.1. The first kappa shape index (κ1) is 14.4. The van der Waals surface area contributed by atoms with Gasteiger partial charge < -0.3 is 0 Å². The molecule has 0 spiro atoms. The first-order chi connectivity index (χ1) is 9.01. The molecule has 1 N–H and O–H groups in total. The summed E-state index contributed by atoms with van der Waals surface area (Å²) in [5.74, 6) is 0. The summed E-state index contributed by atoms with van der Waals surface area (Å²) in [6.07, 6.45) is 0. The van der Waals surface area contributed by atoms with Crippen LogP contribution in [0, 0.1) is 0 Å². The third-order valence-corrected chi connectivity index (χ3v) is 4.78. The van der Waals surface area contributed by atoms with Gasteiger partial charge in [0.25, 0.3) is 10.0 Å². The third kappa shape index (κ3) is 3.72. The van der Waals surface area contributed by atoms with Crippen LogP contribution in [0.5, 0.6) is 0 Å². The van der Waals surface area contributed by atoms with E-state index in [2.05, 4.69) is 20.7 Å². The number of benzene rings is 2. The lowest BCUT2D eigenvalue weighted by Gasteiger charge is -2.08. The van der Waals surface area contributed by atoms with Gasteiger partial charge in [-0.2, -0.15) is 0 Å². The molecule has 2 aromatic carbocycles. The summed E-state index contributed by atoms with van der Waals surface area (Å²) in [6, 6.07) is 13.2. The molecule has 0 aliphatic carbocycles. The Morgan fingerprint density at radius 2 is 1.58 bits per heavy atom. The molecule has 0 saturated carbocycles. The van der Waals surface area contributed by atoms with E-state index in [0.29, 0.717) is 10.7 Å². The normalized spacial score (nSPS) is 11.3. The monoisotopic (exact) mass is 359 g/mol. The van der Waals surface area contributed by atoms with Gasteiger partial charge in [0.05, 0.1) is 4.90 Å². The second-order valence-electron chi connectivity index (χ2n) is 3.89. The zero-order valence-corrected chi connectivity index (χ0v) is 13.0. The molecule has 2 rings (SSSR count). The molecule has 0 saturated heterocycles. The highest BCUT2D eigenvalue weighted by Gasteiger charge is 2.13. The highest BCUT2D eigenvalue weighted by Crippen LogP contribution is 2.19. The zero-order chi connectivity index (χ0) is 13.9. The van der Waals surface area contributed by atoms with Gasteiger partial charge in [-0.1, -0.05) is 39.7 Å². The standard InChI is InChI=1S/C13H11BrClNO2S/c14-9-10-1-5-12(6-2-10)16-19(17,18)13-7-3-11(15)4-8-13/h1-8,16H,9H2. The number of alkyl halides is 1. The highest BCUT2D eigenvalue weighted by molar-refractivity contribution is 9.08. The molecule has 0 radical (unpaired) electrons. The smallest absolute Gasteiger partial charge is 0.261 e. The number of sulfonamides is 1. The van der Waals surface area contributed by atoms with E-state index in [9.17, 15) is 8.42 Å².